The third kappa shape index (κ3) is 4.47. The third-order valence-electron chi connectivity index (χ3n) is 6.29. The van der Waals surface area contributed by atoms with Crippen molar-refractivity contribution in [1.82, 2.24) is 24.7 Å². The predicted octanol–water partition coefficient (Wildman–Crippen LogP) is 2.92. The molecule has 1 atom stereocenters. The van der Waals surface area contributed by atoms with Gasteiger partial charge in [0.15, 0.2) is 11.6 Å². The molecule has 0 saturated carbocycles. The van der Waals surface area contributed by atoms with Crippen LogP contribution in [0.4, 0.5) is 18.0 Å². The van der Waals surface area contributed by atoms with Crippen LogP contribution in [0.3, 0.4) is 0 Å². The van der Waals surface area contributed by atoms with Gasteiger partial charge in [0.25, 0.3) is 5.91 Å². The van der Waals surface area contributed by atoms with Gasteiger partial charge in [-0.1, -0.05) is 0 Å². The van der Waals surface area contributed by atoms with Crippen LogP contribution < -0.4 is 10.5 Å². The number of primary amides is 1. The Labute approximate surface area is 209 Å². The largest absolute Gasteiger partial charge is 0.483 e. The van der Waals surface area contributed by atoms with E-state index in [9.17, 15) is 22.8 Å². The van der Waals surface area contributed by atoms with Crippen molar-refractivity contribution in [1.29, 1.82) is 0 Å². The molecule has 2 aromatic heterocycles. The summed E-state index contributed by atoms with van der Waals surface area (Å²) in [5, 5.41) is 9.52. The van der Waals surface area contributed by atoms with E-state index in [4.69, 9.17) is 10.5 Å². The van der Waals surface area contributed by atoms with Gasteiger partial charge in [0.05, 0.1) is 31.0 Å². The number of aromatic nitrogens is 3. The van der Waals surface area contributed by atoms with Gasteiger partial charge >= 0.3 is 6.03 Å². The molecule has 2 aliphatic rings. The SMILES string of the molecule is Cc1c(-c2cc(OC3CN(C(=O)N4N=CC[C@H]4c4cc(F)cc(F)c4)C3)c(F)cn2)nn(C)c1C(N)=O. The van der Waals surface area contributed by atoms with E-state index < -0.39 is 41.5 Å². The number of aryl methyl sites for hydroxylation is 1. The number of carbonyl (C=O) groups excluding carboxylic acids is 2. The Morgan fingerprint density at radius 3 is 2.46 bits per heavy atom. The molecule has 0 radical (unpaired) electrons. The molecular weight excluding hydrogens is 491 g/mol. The van der Waals surface area contributed by atoms with Crippen LogP contribution in [0.5, 0.6) is 5.75 Å². The number of hydrogen-bond acceptors (Lipinski definition) is 6. The Hall–Kier alpha value is -4.42. The number of likely N-dealkylation sites (tertiary alicyclic amines) is 1. The molecule has 10 nitrogen and oxygen atoms in total. The van der Waals surface area contributed by atoms with Crippen molar-refractivity contribution in [3.63, 3.8) is 0 Å². The molecule has 3 amide bonds. The molecule has 0 aliphatic carbocycles. The highest BCUT2D eigenvalue weighted by Gasteiger charge is 2.39. The molecule has 1 aromatic carbocycles. The number of nitrogens with zero attached hydrogens (tertiary/aromatic N) is 6. The molecule has 4 heterocycles. The summed E-state index contributed by atoms with van der Waals surface area (Å²) in [6.45, 7) is 1.97. The van der Waals surface area contributed by atoms with E-state index in [2.05, 4.69) is 15.2 Å². The van der Waals surface area contributed by atoms with E-state index in [0.717, 1.165) is 12.3 Å². The first-order valence-electron chi connectivity index (χ1n) is 11.3. The highest BCUT2D eigenvalue weighted by atomic mass is 19.1. The van der Waals surface area contributed by atoms with Crippen LogP contribution in [-0.4, -0.2) is 62.0 Å². The zero-order valence-electron chi connectivity index (χ0n) is 19.9. The van der Waals surface area contributed by atoms with E-state index in [1.54, 1.807) is 14.0 Å². The fraction of sp³-hybridized carbons (Fsp3) is 0.292. The number of amides is 3. The van der Waals surface area contributed by atoms with E-state index in [1.807, 2.05) is 0 Å². The predicted molar refractivity (Wildman–Crippen MR) is 125 cm³/mol. The van der Waals surface area contributed by atoms with Crippen LogP contribution in [-0.2, 0) is 7.05 Å². The van der Waals surface area contributed by atoms with Crippen molar-refractivity contribution < 1.29 is 27.5 Å². The maximum absolute atomic E-state index is 14.5. The first kappa shape index (κ1) is 24.3. The van der Waals surface area contributed by atoms with Crippen LogP contribution in [0.15, 0.2) is 35.6 Å². The highest BCUT2D eigenvalue weighted by Crippen LogP contribution is 2.32. The number of halogens is 3. The maximum Gasteiger partial charge on any atom is 0.341 e. The lowest BCUT2D eigenvalue weighted by Crippen LogP contribution is -2.58. The van der Waals surface area contributed by atoms with Gasteiger partial charge < -0.3 is 15.4 Å². The number of pyridine rings is 1. The molecule has 2 N–H and O–H groups in total. The molecule has 0 spiro atoms. The molecule has 1 saturated heterocycles. The minimum atomic E-state index is -0.739. The number of hydrogen-bond donors (Lipinski definition) is 1. The summed E-state index contributed by atoms with van der Waals surface area (Å²) in [5.74, 6) is -2.91. The zero-order valence-corrected chi connectivity index (χ0v) is 19.9. The summed E-state index contributed by atoms with van der Waals surface area (Å²) < 4.78 is 48.9. The zero-order chi connectivity index (χ0) is 26.4. The summed E-state index contributed by atoms with van der Waals surface area (Å²) in [6.07, 6.45) is 2.32. The number of urea groups is 1. The molecule has 13 heteroatoms. The average Bonchev–Trinajstić information content (AvgIpc) is 3.40. The first-order chi connectivity index (χ1) is 17.6. The number of benzene rings is 1. The third-order valence-corrected chi connectivity index (χ3v) is 6.29. The van der Waals surface area contributed by atoms with Crippen LogP contribution in [0, 0.1) is 24.4 Å². The van der Waals surface area contributed by atoms with Gasteiger partial charge in [-0.2, -0.15) is 10.2 Å². The quantitative estimate of drug-likeness (QED) is 0.563. The second kappa shape index (κ2) is 9.22. The number of nitrogens with two attached hydrogens (primary N) is 1. The van der Waals surface area contributed by atoms with E-state index in [-0.39, 0.29) is 24.5 Å². The summed E-state index contributed by atoms with van der Waals surface area (Å²) in [7, 11) is 1.57. The Balaban J connectivity index is 1.26. The lowest BCUT2D eigenvalue weighted by Gasteiger charge is -2.41. The number of ether oxygens (including phenoxy) is 1. The molecule has 192 valence electrons. The van der Waals surface area contributed by atoms with Crippen LogP contribution in [0.2, 0.25) is 0 Å². The molecule has 2 aliphatic heterocycles. The Morgan fingerprint density at radius 2 is 1.81 bits per heavy atom. The van der Waals surface area contributed by atoms with E-state index in [0.29, 0.717) is 28.9 Å². The van der Waals surface area contributed by atoms with Crippen molar-refractivity contribution in [3.8, 4) is 17.1 Å². The Bertz CT molecular complexity index is 1410. The highest BCUT2D eigenvalue weighted by molar-refractivity contribution is 5.94. The molecular formula is C24H22F3N7O3. The molecule has 3 aromatic rings. The van der Waals surface area contributed by atoms with Crippen molar-refractivity contribution in [2.75, 3.05) is 13.1 Å². The van der Waals surface area contributed by atoms with Crippen LogP contribution >= 0.6 is 0 Å². The molecule has 5 rings (SSSR count). The number of carbonyl (C=O) groups is 2. The second-order valence-corrected chi connectivity index (χ2v) is 8.83. The fourth-order valence-electron chi connectivity index (χ4n) is 4.49. The fourth-order valence-corrected chi connectivity index (χ4v) is 4.49. The molecule has 0 bridgehead atoms. The summed E-state index contributed by atoms with van der Waals surface area (Å²) in [4.78, 5) is 30.2. The van der Waals surface area contributed by atoms with Gasteiger partial charge in [-0.05, 0) is 24.6 Å². The minimum absolute atomic E-state index is 0.0833. The van der Waals surface area contributed by atoms with Crippen molar-refractivity contribution in [3.05, 3.63) is 64.7 Å². The standard InChI is InChI=1S/C24H22F3N7O3/c1-12-21(31-32(2)22(12)23(28)35)18-8-20(17(27)9-29-18)37-16-10-33(11-16)24(36)34-19(3-4-30-34)13-5-14(25)7-15(26)6-13/h4-9,16,19H,3,10-11H2,1-2H3,(H2,28,35)/t19-/m0/s1. The maximum atomic E-state index is 14.5. The molecule has 37 heavy (non-hydrogen) atoms. The number of rotatable bonds is 5. The van der Waals surface area contributed by atoms with Gasteiger partial charge in [-0.25, -0.2) is 23.0 Å². The van der Waals surface area contributed by atoms with E-state index >= 15 is 0 Å². The van der Waals surface area contributed by atoms with E-state index in [1.165, 1.54) is 39.0 Å². The minimum Gasteiger partial charge on any atom is -0.483 e. The summed E-state index contributed by atoms with van der Waals surface area (Å²) >= 11 is 0. The lowest BCUT2D eigenvalue weighted by molar-refractivity contribution is 0.0256. The second-order valence-electron chi connectivity index (χ2n) is 8.83. The number of hydrazone groups is 1. The molecule has 0 unspecified atom stereocenters. The van der Waals surface area contributed by atoms with Crippen LogP contribution in [0.25, 0.3) is 11.4 Å². The van der Waals surface area contributed by atoms with Crippen molar-refractivity contribution in [2.45, 2.75) is 25.5 Å². The van der Waals surface area contributed by atoms with Gasteiger partial charge in [-0.15, -0.1) is 0 Å². The van der Waals surface area contributed by atoms with Gasteiger partial charge in [-0.3, -0.25) is 14.5 Å². The van der Waals surface area contributed by atoms with Crippen molar-refractivity contribution >= 4 is 18.2 Å². The van der Waals surface area contributed by atoms with Crippen LogP contribution in [0.1, 0.15) is 34.1 Å². The lowest BCUT2D eigenvalue weighted by atomic mass is 10.0. The monoisotopic (exact) mass is 513 g/mol. The topological polar surface area (TPSA) is 119 Å². The Morgan fingerprint density at radius 1 is 1.11 bits per heavy atom. The molecule has 1 fully saturated rings. The van der Waals surface area contributed by atoms with Gasteiger partial charge in [0, 0.05) is 37.4 Å². The van der Waals surface area contributed by atoms with Crippen molar-refractivity contribution in [2.24, 2.45) is 17.9 Å². The Kier molecular flexibility index (Phi) is 6.05. The normalized spacial score (nSPS) is 17.3. The average molecular weight is 513 g/mol. The summed E-state index contributed by atoms with van der Waals surface area (Å²) in [5.41, 5.74) is 7.07. The summed E-state index contributed by atoms with van der Waals surface area (Å²) in [6, 6.07) is 3.39. The smallest absolute Gasteiger partial charge is 0.341 e. The van der Waals surface area contributed by atoms with Gasteiger partial charge in [0.2, 0.25) is 0 Å². The van der Waals surface area contributed by atoms with Gasteiger partial charge in [0.1, 0.15) is 29.1 Å². The first-order valence-corrected chi connectivity index (χ1v) is 11.3.